The van der Waals surface area contributed by atoms with Crippen LogP contribution in [-0.4, -0.2) is 30.5 Å². The SMILES string of the molecule is Cc1cc(C(F)F)c2c(C)nn(CC(=O)Nc3c(C)nn(Cc4cccc(F)c4)c3C)c2n1. The molecular weight excluding hydrogens is 433 g/mol. The maximum Gasteiger partial charge on any atom is 0.264 e. The summed E-state index contributed by atoms with van der Waals surface area (Å²) in [6, 6.07) is 7.57. The second kappa shape index (κ2) is 8.68. The monoisotopic (exact) mass is 456 g/mol. The van der Waals surface area contributed by atoms with E-state index in [1.807, 2.05) is 6.92 Å². The van der Waals surface area contributed by atoms with Crippen LogP contribution in [0.15, 0.2) is 30.3 Å². The molecule has 3 aromatic heterocycles. The maximum absolute atomic E-state index is 13.5. The van der Waals surface area contributed by atoms with E-state index in [0.29, 0.717) is 35.0 Å². The average Bonchev–Trinajstić information content (AvgIpc) is 3.18. The Bertz CT molecular complexity index is 1360. The molecule has 0 unspecified atom stereocenters. The molecule has 4 aromatic rings. The van der Waals surface area contributed by atoms with Crippen LogP contribution in [0, 0.1) is 33.5 Å². The number of benzene rings is 1. The smallest absolute Gasteiger partial charge is 0.264 e. The molecule has 10 heteroatoms. The van der Waals surface area contributed by atoms with E-state index in [9.17, 15) is 18.0 Å². The minimum atomic E-state index is -2.67. The number of pyridine rings is 1. The summed E-state index contributed by atoms with van der Waals surface area (Å²) in [5.41, 5.74) is 3.50. The van der Waals surface area contributed by atoms with Crippen molar-refractivity contribution in [3.05, 3.63) is 70.1 Å². The lowest BCUT2D eigenvalue weighted by molar-refractivity contribution is -0.116. The number of fused-ring (bicyclic) bond motifs is 1. The van der Waals surface area contributed by atoms with Gasteiger partial charge in [-0.3, -0.25) is 9.48 Å². The number of alkyl halides is 2. The molecule has 1 N–H and O–H groups in total. The summed E-state index contributed by atoms with van der Waals surface area (Å²) in [4.78, 5) is 17.2. The Morgan fingerprint density at radius 2 is 1.79 bits per heavy atom. The van der Waals surface area contributed by atoms with Crippen molar-refractivity contribution in [2.75, 3.05) is 5.32 Å². The minimum absolute atomic E-state index is 0.146. The summed E-state index contributed by atoms with van der Waals surface area (Å²) in [6.07, 6.45) is -2.67. The summed E-state index contributed by atoms with van der Waals surface area (Å²) in [5.74, 6) is -0.721. The van der Waals surface area contributed by atoms with E-state index in [1.165, 1.54) is 22.9 Å². The lowest BCUT2D eigenvalue weighted by Crippen LogP contribution is -2.20. The van der Waals surface area contributed by atoms with Crippen LogP contribution in [0.4, 0.5) is 18.9 Å². The van der Waals surface area contributed by atoms with E-state index in [4.69, 9.17) is 0 Å². The summed E-state index contributed by atoms with van der Waals surface area (Å²) >= 11 is 0. The molecule has 0 aliphatic heterocycles. The Labute approximate surface area is 188 Å². The number of aromatic nitrogens is 5. The van der Waals surface area contributed by atoms with Gasteiger partial charge in [-0.2, -0.15) is 10.2 Å². The first-order chi connectivity index (χ1) is 15.6. The van der Waals surface area contributed by atoms with Crippen LogP contribution < -0.4 is 5.32 Å². The largest absolute Gasteiger partial charge is 0.321 e. The number of amides is 1. The van der Waals surface area contributed by atoms with Gasteiger partial charge in [0.1, 0.15) is 12.4 Å². The number of nitrogens with one attached hydrogen (secondary N) is 1. The molecule has 3 heterocycles. The normalized spacial score (nSPS) is 11.5. The summed E-state index contributed by atoms with van der Waals surface area (Å²) in [6.45, 7) is 6.96. The van der Waals surface area contributed by atoms with Crippen LogP contribution in [0.2, 0.25) is 0 Å². The Kier molecular flexibility index (Phi) is 5.92. The van der Waals surface area contributed by atoms with Crippen LogP contribution in [0.25, 0.3) is 11.0 Å². The molecule has 7 nitrogen and oxygen atoms in total. The van der Waals surface area contributed by atoms with Crippen LogP contribution in [-0.2, 0) is 17.9 Å². The lowest BCUT2D eigenvalue weighted by Gasteiger charge is -2.09. The first-order valence-electron chi connectivity index (χ1n) is 10.3. The van der Waals surface area contributed by atoms with E-state index < -0.39 is 12.3 Å². The Morgan fingerprint density at radius 3 is 2.48 bits per heavy atom. The van der Waals surface area contributed by atoms with Crippen molar-refractivity contribution in [2.24, 2.45) is 0 Å². The molecule has 0 saturated heterocycles. The number of hydrogen-bond acceptors (Lipinski definition) is 4. The van der Waals surface area contributed by atoms with Crippen molar-refractivity contribution in [3.63, 3.8) is 0 Å². The third-order valence-corrected chi connectivity index (χ3v) is 5.43. The molecule has 0 bridgehead atoms. The van der Waals surface area contributed by atoms with Crippen molar-refractivity contribution < 1.29 is 18.0 Å². The van der Waals surface area contributed by atoms with E-state index in [0.717, 1.165) is 5.56 Å². The zero-order chi connectivity index (χ0) is 23.9. The van der Waals surface area contributed by atoms with Gasteiger partial charge < -0.3 is 5.32 Å². The molecule has 0 aliphatic rings. The Balaban J connectivity index is 1.58. The second-order valence-corrected chi connectivity index (χ2v) is 7.98. The van der Waals surface area contributed by atoms with Crippen LogP contribution in [0.1, 0.15) is 40.3 Å². The molecule has 1 aromatic carbocycles. The van der Waals surface area contributed by atoms with E-state index >= 15 is 0 Å². The van der Waals surface area contributed by atoms with Gasteiger partial charge in [0.05, 0.1) is 34.7 Å². The van der Waals surface area contributed by atoms with Crippen LogP contribution in [0.5, 0.6) is 0 Å². The Hall–Kier alpha value is -3.69. The summed E-state index contributed by atoms with van der Waals surface area (Å²) in [5, 5.41) is 11.8. The van der Waals surface area contributed by atoms with Crippen molar-refractivity contribution >= 4 is 22.6 Å². The van der Waals surface area contributed by atoms with E-state index in [-0.39, 0.29) is 29.0 Å². The van der Waals surface area contributed by atoms with Gasteiger partial charge in [-0.1, -0.05) is 12.1 Å². The van der Waals surface area contributed by atoms with Crippen LogP contribution in [0.3, 0.4) is 0 Å². The standard InChI is InChI=1S/C23H23F3N6O/c1-12-8-18(22(25)26)20-13(2)29-32(23(20)27-12)11-19(33)28-21-14(3)30-31(15(21)4)10-16-6-5-7-17(24)9-16/h5-9,22H,10-11H2,1-4H3,(H,28,33). The molecule has 0 atom stereocenters. The van der Waals surface area contributed by atoms with Crippen molar-refractivity contribution in [3.8, 4) is 0 Å². The predicted octanol–water partition coefficient (Wildman–Crippen LogP) is 4.63. The fourth-order valence-corrected chi connectivity index (χ4v) is 3.95. The molecule has 0 aliphatic carbocycles. The molecule has 33 heavy (non-hydrogen) atoms. The third kappa shape index (κ3) is 4.46. The van der Waals surface area contributed by atoms with Crippen molar-refractivity contribution in [2.45, 2.75) is 47.2 Å². The van der Waals surface area contributed by atoms with E-state index in [2.05, 4.69) is 20.5 Å². The molecule has 0 spiro atoms. The highest BCUT2D eigenvalue weighted by atomic mass is 19.3. The van der Waals surface area contributed by atoms with Crippen molar-refractivity contribution in [1.29, 1.82) is 0 Å². The number of carbonyl (C=O) groups excluding carboxylic acids is 1. The second-order valence-electron chi connectivity index (χ2n) is 7.98. The topological polar surface area (TPSA) is 77.6 Å². The number of nitrogens with zero attached hydrogens (tertiary/aromatic N) is 5. The fraction of sp³-hybridized carbons (Fsp3) is 0.304. The van der Waals surface area contributed by atoms with Gasteiger partial charge >= 0.3 is 0 Å². The first kappa shape index (κ1) is 22.5. The molecule has 4 rings (SSSR count). The lowest BCUT2D eigenvalue weighted by atomic mass is 10.1. The number of halogens is 3. The minimum Gasteiger partial charge on any atom is -0.321 e. The highest BCUT2D eigenvalue weighted by Crippen LogP contribution is 2.30. The number of carbonyl (C=O) groups is 1. The molecular formula is C23H23F3N6O. The van der Waals surface area contributed by atoms with Crippen LogP contribution >= 0.6 is 0 Å². The number of hydrogen-bond donors (Lipinski definition) is 1. The summed E-state index contributed by atoms with van der Waals surface area (Å²) in [7, 11) is 0. The van der Waals surface area contributed by atoms with E-state index in [1.54, 1.807) is 37.6 Å². The number of rotatable bonds is 6. The van der Waals surface area contributed by atoms with Gasteiger partial charge in [0.15, 0.2) is 5.65 Å². The van der Waals surface area contributed by atoms with Gasteiger partial charge in [-0.25, -0.2) is 22.8 Å². The van der Waals surface area contributed by atoms with Crippen molar-refractivity contribution in [1.82, 2.24) is 24.5 Å². The molecule has 0 saturated carbocycles. The average molecular weight is 456 g/mol. The first-order valence-corrected chi connectivity index (χ1v) is 10.3. The molecule has 0 fully saturated rings. The van der Waals surface area contributed by atoms with Gasteiger partial charge in [-0.15, -0.1) is 0 Å². The number of anilines is 1. The van der Waals surface area contributed by atoms with Gasteiger partial charge in [-0.05, 0) is 51.5 Å². The number of aryl methyl sites for hydroxylation is 3. The quantitative estimate of drug-likeness (QED) is 0.459. The highest BCUT2D eigenvalue weighted by molar-refractivity contribution is 5.93. The zero-order valence-corrected chi connectivity index (χ0v) is 18.7. The molecule has 1 amide bonds. The van der Waals surface area contributed by atoms with Gasteiger partial charge in [0.25, 0.3) is 6.43 Å². The third-order valence-electron chi connectivity index (χ3n) is 5.43. The maximum atomic E-state index is 13.5. The predicted molar refractivity (Wildman–Crippen MR) is 118 cm³/mol. The fourth-order valence-electron chi connectivity index (χ4n) is 3.95. The van der Waals surface area contributed by atoms with Gasteiger partial charge in [0.2, 0.25) is 5.91 Å². The molecule has 0 radical (unpaired) electrons. The summed E-state index contributed by atoms with van der Waals surface area (Å²) < 4.78 is 43.5. The Morgan fingerprint density at radius 1 is 1.06 bits per heavy atom. The highest BCUT2D eigenvalue weighted by Gasteiger charge is 2.21. The molecule has 172 valence electrons. The van der Waals surface area contributed by atoms with Gasteiger partial charge in [0, 0.05) is 11.3 Å². The zero-order valence-electron chi connectivity index (χ0n) is 18.7.